The Kier molecular flexibility index (Phi) is 5.61. The molecule has 0 saturated carbocycles. The summed E-state index contributed by atoms with van der Waals surface area (Å²) in [6.07, 6.45) is -2.51. The standard InChI is InChI=1S/C17H20F3N3OS/c18-17(19,20)15-4-1-6-21-16(15)23-8-7-22(13(11-23)5-9-24)12-14-3-2-10-25-14/h1-4,6,10,13,24H,5,7-9,11-12H2/t13-/m1/s1. The maximum absolute atomic E-state index is 13.3. The van der Waals surface area contributed by atoms with Crippen LogP contribution >= 0.6 is 11.3 Å². The number of nitrogens with zero attached hydrogens (tertiary/aromatic N) is 3. The Balaban J connectivity index is 1.78. The van der Waals surface area contributed by atoms with Crippen molar-refractivity contribution >= 4 is 17.2 Å². The second kappa shape index (κ2) is 7.72. The Morgan fingerprint density at radius 1 is 1.24 bits per heavy atom. The molecule has 0 spiro atoms. The Bertz CT molecular complexity index is 678. The molecular formula is C17H20F3N3OS. The van der Waals surface area contributed by atoms with Gasteiger partial charge >= 0.3 is 6.18 Å². The fraction of sp³-hybridized carbons (Fsp3) is 0.471. The van der Waals surface area contributed by atoms with Crippen LogP contribution in [0.4, 0.5) is 19.0 Å². The maximum Gasteiger partial charge on any atom is 0.419 e. The topological polar surface area (TPSA) is 39.6 Å². The van der Waals surface area contributed by atoms with Crippen LogP contribution in [0.1, 0.15) is 16.9 Å². The lowest BCUT2D eigenvalue weighted by Crippen LogP contribution is -2.53. The van der Waals surface area contributed by atoms with Gasteiger partial charge in [-0.2, -0.15) is 13.2 Å². The van der Waals surface area contributed by atoms with Crippen molar-refractivity contribution in [1.82, 2.24) is 9.88 Å². The number of aromatic nitrogens is 1. The van der Waals surface area contributed by atoms with Crippen LogP contribution in [-0.2, 0) is 12.7 Å². The Hall–Kier alpha value is -1.64. The van der Waals surface area contributed by atoms with Gasteiger partial charge in [-0.25, -0.2) is 4.98 Å². The van der Waals surface area contributed by atoms with Gasteiger partial charge in [-0.3, -0.25) is 4.90 Å². The first-order valence-corrected chi connectivity index (χ1v) is 9.01. The predicted octanol–water partition coefficient (Wildman–Crippen LogP) is 3.24. The number of halogens is 3. The summed E-state index contributed by atoms with van der Waals surface area (Å²) < 4.78 is 39.8. The predicted molar refractivity (Wildman–Crippen MR) is 91.7 cm³/mol. The first kappa shape index (κ1) is 18.2. The molecule has 1 aliphatic rings. The van der Waals surface area contributed by atoms with Gasteiger partial charge in [0, 0.05) is 49.9 Å². The van der Waals surface area contributed by atoms with Crippen LogP contribution in [0.2, 0.25) is 0 Å². The second-order valence-corrected chi connectivity index (χ2v) is 7.07. The molecule has 0 aliphatic carbocycles. The molecular weight excluding hydrogens is 351 g/mol. The molecule has 1 atom stereocenters. The van der Waals surface area contributed by atoms with E-state index in [1.807, 2.05) is 17.5 Å². The van der Waals surface area contributed by atoms with Crippen LogP contribution in [0, 0.1) is 0 Å². The summed E-state index contributed by atoms with van der Waals surface area (Å²) in [5, 5.41) is 11.4. The van der Waals surface area contributed by atoms with Crippen molar-refractivity contribution in [3.63, 3.8) is 0 Å². The normalized spacial score (nSPS) is 19.4. The molecule has 3 heterocycles. The van der Waals surface area contributed by atoms with E-state index in [0.717, 1.165) is 12.6 Å². The van der Waals surface area contributed by atoms with Crippen molar-refractivity contribution in [3.05, 3.63) is 46.3 Å². The first-order valence-electron chi connectivity index (χ1n) is 8.13. The van der Waals surface area contributed by atoms with Crippen molar-refractivity contribution in [2.75, 3.05) is 31.1 Å². The SMILES string of the molecule is OCC[C@@H]1CN(c2ncccc2C(F)(F)F)CCN1Cc1cccs1. The molecule has 0 radical (unpaired) electrons. The van der Waals surface area contributed by atoms with E-state index in [0.29, 0.717) is 26.1 Å². The molecule has 1 saturated heterocycles. The molecule has 2 aromatic rings. The van der Waals surface area contributed by atoms with E-state index in [4.69, 9.17) is 0 Å². The minimum Gasteiger partial charge on any atom is -0.396 e. The van der Waals surface area contributed by atoms with Gasteiger partial charge in [0.05, 0.1) is 5.56 Å². The number of anilines is 1. The molecule has 0 aromatic carbocycles. The number of thiophene rings is 1. The van der Waals surface area contributed by atoms with E-state index in [9.17, 15) is 18.3 Å². The van der Waals surface area contributed by atoms with Gasteiger partial charge < -0.3 is 10.0 Å². The summed E-state index contributed by atoms with van der Waals surface area (Å²) in [5.41, 5.74) is -0.704. The van der Waals surface area contributed by atoms with Crippen molar-refractivity contribution in [2.45, 2.75) is 25.2 Å². The van der Waals surface area contributed by atoms with Crippen molar-refractivity contribution in [1.29, 1.82) is 0 Å². The Morgan fingerprint density at radius 2 is 2.08 bits per heavy atom. The molecule has 1 fully saturated rings. The van der Waals surface area contributed by atoms with E-state index in [1.165, 1.54) is 17.1 Å². The molecule has 1 N–H and O–H groups in total. The zero-order chi connectivity index (χ0) is 17.9. The fourth-order valence-electron chi connectivity index (χ4n) is 3.19. The lowest BCUT2D eigenvalue weighted by molar-refractivity contribution is -0.137. The van der Waals surface area contributed by atoms with Crippen LogP contribution < -0.4 is 4.90 Å². The average Bonchev–Trinajstić information content (AvgIpc) is 3.09. The van der Waals surface area contributed by atoms with Gasteiger partial charge in [0.15, 0.2) is 0 Å². The fourth-order valence-corrected chi connectivity index (χ4v) is 3.92. The third-order valence-electron chi connectivity index (χ3n) is 4.40. The zero-order valence-electron chi connectivity index (χ0n) is 13.6. The zero-order valence-corrected chi connectivity index (χ0v) is 14.4. The molecule has 25 heavy (non-hydrogen) atoms. The van der Waals surface area contributed by atoms with E-state index < -0.39 is 11.7 Å². The minimum absolute atomic E-state index is 0.00773. The number of hydrogen-bond donors (Lipinski definition) is 1. The lowest BCUT2D eigenvalue weighted by Gasteiger charge is -2.42. The van der Waals surface area contributed by atoms with Crippen LogP contribution in [0.25, 0.3) is 0 Å². The molecule has 8 heteroatoms. The number of pyridine rings is 1. The van der Waals surface area contributed by atoms with Crippen LogP contribution in [0.15, 0.2) is 35.8 Å². The Morgan fingerprint density at radius 3 is 2.76 bits per heavy atom. The molecule has 0 unspecified atom stereocenters. The summed E-state index contributed by atoms with van der Waals surface area (Å²) in [6.45, 7) is 2.30. The number of rotatable bonds is 5. The summed E-state index contributed by atoms with van der Waals surface area (Å²) in [7, 11) is 0. The van der Waals surface area contributed by atoms with Crippen LogP contribution in [0.3, 0.4) is 0 Å². The molecule has 0 bridgehead atoms. The summed E-state index contributed by atoms with van der Waals surface area (Å²) >= 11 is 1.66. The van der Waals surface area contributed by atoms with E-state index in [2.05, 4.69) is 9.88 Å². The highest BCUT2D eigenvalue weighted by molar-refractivity contribution is 7.09. The molecule has 3 rings (SSSR count). The monoisotopic (exact) mass is 371 g/mol. The average molecular weight is 371 g/mol. The van der Waals surface area contributed by atoms with Gasteiger partial charge in [0.2, 0.25) is 0 Å². The molecule has 2 aromatic heterocycles. The molecule has 1 aliphatic heterocycles. The van der Waals surface area contributed by atoms with Crippen molar-refractivity contribution in [3.8, 4) is 0 Å². The van der Waals surface area contributed by atoms with E-state index in [-0.39, 0.29) is 18.5 Å². The van der Waals surface area contributed by atoms with Gasteiger partial charge in [0.25, 0.3) is 0 Å². The highest BCUT2D eigenvalue weighted by atomic mass is 32.1. The van der Waals surface area contributed by atoms with E-state index in [1.54, 1.807) is 16.2 Å². The lowest BCUT2D eigenvalue weighted by atomic mass is 10.1. The molecule has 4 nitrogen and oxygen atoms in total. The van der Waals surface area contributed by atoms with Crippen LogP contribution in [-0.4, -0.2) is 47.3 Å². The molecule has 136 valence electrons. The maximum atomic E-state index is 13.3. The summed E-state index contributed by atoms with van der Waals surface area (Å²) in [6, 6.07) is 6.41. The van der Waals surface area contributed by atoms with Gasteiger partial charge in [-0.05, 0) is 30.0 Å². The highest BCUT2D eigenvalue weighted by Gasteiger charge is 2.37. The molecule has 0 amide bonds. The third kappa shape index (κ3) is 4.31. The smallest absolute Gasteiger partial charge is 0.396 e. The number of alkyl halides is 3. The number of aliphatic hydroxyl groups is 1. The number of hydrogen-bond acceptors (Lipinski definition) is 5. The summed E-state index contributed by atoms with van der Waals surface area (Å²) in [4.78, 5) is 9.12. The first-order chi connectivity index (χ1) is 12.0. The quantitative estimate of drug-likeness (QED) is 0.876. The third-order valence-corrected chi connectivity index (χ3v) is 5.26. The van der Waals surface area contributed by atoms with Crippen LogP contribution in [0.5, 0.6) is 0 Å². The highest BCUT2D eigenvalue weighted by Crippen LogP contribution is 2.36. The van der Waals surface area contributed by atoms with Crippen molar-refractivity contribution < 1.29 is 18.3 Å². The largest absolute Gasteiger partial charge is 0.419 e. The Labute approximate surface area is 148 Å². The summed E-state index contributed by atoms with van der Waals surface area (Å²) in [5.74, 6) is -0.0197. The van der Waals surface area contributed by atoms with Crippen molar-refractivity contribution in [2.24, 2.45) is 0 Å². The minimum atomic E-state index is -4.43. The van der Waals surface area contributed by atoms with E-state index >= 15 is 0 Å². The van der Waals surface area contributed by atoms with Gasteiger partial charge in [0.1, 0.15) is 5.82 Å². The second-order valence-electron chi connectivity index (χ2n) is 6.03. The van der Waals surface area contributed by atoms with Gasteiger partial charge in [-0.1, -0.05) is 6.07 Å². The number of aliphatic hydroxyl groups excluding tert-OH is 1. The van der Waals surface area contributed by atoms with Gasteiger partial charge in [-0.15, -0.1) is 11.3 Å². The number of piperazine rings is 1.